The quantitative estimate of drug-likeness (QED) is 0.661. The van der Waals surface area contributed by atoms with E-state index in [1.807, 2.05) is 54.0 Å². The number of ether oxygens (including phenoxy) is 1. The molecule has 0 fully saturated rings. The van der Waals surface area contributed by atoms with Gasteiger partial charge in [0.2, 0.25) is 0 Å². The second kappa shape index (κ2) is 7.82. The molecule has 1 heterocycles. The fraction of sp³-hybridized carbons (Fsp3) is 0.200. The number of hydrogen-bond acceptors (Lipinski definition) is 3. The molecule has 0 bridgehead atoms. The van der Waals surface area contributed by atoms with E-state index in [0.29, 0.717) is 18.0 Å². The van der Waals surface area contributed by atoms with Crippen molar-refractivity contribution in [1.82, 2.24) is 4.57 Å². The Hall–Kier alpha value is -2.84. The Morgan fingerprint density at radius 3 is 2.84 bits per heavy atom. The van der Waals surface area contributed by atoms with Gasteiger partial charge in [0.1, 0.15) is 5.75 Å². The zero-order valence-electron chi connectivity index (χ0n) is 13.9. The first-order valence-corrected chi connectivity index (χ1v) is 8.78. The maximum absolute atomic E-state index is 12.2. The molecule has 25 heavy (non-hydrogen) atoms. The molecule has 0 aliphatic carbocycles. The predicted octanol–water partition coefficient (Wildman–Crippen LogP) is 3.54. The fourth-order valence-electron chi connectivity index (χ4n) is 2.45. The molecule has 0 saturated heterocycles. The van der Waals surface area contributed by atoms with E-state index in [1.165, 1.54) is 11.3 Å². The number of fused-ring (bicyclic) bond motifs is 1. The van der Waals surface area contributed by atoms with Crippen LogP contribution in [0.2, 0.25) is 0 Å². The highest BCUT2D eigenvalue weighted by atomic mass is 32.1. The van der Waals surface area contributed by atoms with Gasteiger partial charge in [-0.05, 0) is 36.8 Å². The van der Waals surface area contributed by atoms with Crippen LogP contribution in [-0.4, -0.2) is 17.1 Å². The van der Waals surface area contributed by atoms with Crippen LogP contribution in [-0.2, 0) is 11.3 Å². The summed E-state index contributed by atoms with van der Waals surface area (Å²) < 4.78 is 8.52. The van der Waals surface area contributed by atoms with Gasteiger partial charge in [0.05, 0.1) is 29.8 Å². The van der Waals surface area contributed by atoms with Gasteiger partial charge in [0.25, 0.3) is 5.91 Å². The highest BCUT2D eigenvalue weighted by Crippen LogP contribution is 2.18. The van der Waals surface area contributed by atoms with E-state index >= 15 is 0 Å². The van der Waals surface area contributed by atoms with Crippen molar-refractivity contribution in [3.05, 3.63) is 58.9 Å². The molecule has 3 rings (SSSR count). The average molecular weight is 350 g/mol. The van der Waals surface area contributed by atoms with Crippen LogP contribution in [0.15, 0.2) is 53.5 Å². The molecule has 0 spiro atoms. The standard InChI is InChI=1S/C20H18N2O2S/c1-3-12-22-17-10-9-15(2)14-18(17)25-20(22)21-19(23)11-13-24-16-7-5-4-6-8-16/h1,4-10,14H,11-13H2,2H3. The van der Waals surface area contributed by atoms with Crippen LogP contribution in [0, 0.1) is 19.3 Å². The zero-order valence-corrected chi connectivity index (χ0v) is 14.8. The summed E-state index contributed by atoms with van der Waals surface area (Å²) in [6.45, 7) is 2.72. The van der Waals surface area contributed by atoms with Gasteiger partial charge in [-0.25, -0.2) is 0 Å². The summed E-state index contributed by atoms with van der Waals surface area (Å²) in [6, 6.07) is 15.5. The number of rotatable bonds is 5. The van der Waals surface area contributed by atoms with Gasteiger partial charge in [-0.3, -0.25) is 4.79 Å². The van der Waals surface area contributed by atoms with Gasteiger partial charge < -0.3 is 9.30 Å². The van der Waals surface area contributed by atoms with Gasteiger partial charge in [0.15, 0.2) is 4.80 Å². The van der Waals surface area contributed by atoms with Crippen LogP contribution in [0.3, 0.4) is 0 Å². The molecule has 5 heteroatoms. The number of carbonyl (C=O) groups excluding carboxylic acids is 1. The number of aryl methyl sites for hydroxylation is 1. The van der Waals surface area contributed by atoms with Crippen molar-refractivity contribution in [3.8, 4) is 18.1 Å². The molecule has 2 aromatic carbocycles. The van der Waals surface area contributed by atoms with Crippen molar-refractivity contribution in [2.45, 2.75) is 19.9 Å². The third kappa shape index (κ3) is 4.17. The first kappa shape index (κ1) is 17.0. The summed E-state index contributed by atoms with van der Waals surface area (Å²) in [5.74, 6) is 3.16. The number of nitrogens with zero attached hydrogens (tertiary/aromatic N) is 2. The van der Waals surface area contributed by atoms with Crippen molar-refractivity contribution < 1.29 is 9.53 Å². The molecule has 4 nitrogen and oxygen atoms in total. The summed E-state index contributed by atoms with van der Waals surface area (Å²) in [4.78, 5) is 17.1. The molecule has 0 N–H and O–H groups in total. The number of para-hydroxylation sites is 1. The number of hydrogen-bond donors (Lipinski definition) is 0. The van der Waals surface area contributed by atoms with E-state index in [-0.39, 0.29) is 12.3 Å². The van der Waals surface area contributed by atoms with Crippen LogP contribution in [0.25, 0.3) is 10.2 Å². The van der Waals surface area contributed by atoms with Gasteiger partial charge in [-0.2, -0.15) is 4.99 Å². The molecule has 0 unspecified atom stereocenters. The smallest absolute Gasteiger partial charge is 0.251 e. The van der Waals surface area contributed by atoms with Crippen LogP contribution < -0.4 is 9.54 Å². The molecular formula is C20H18N2O2S. The molecule has 0 atom stereocenters. The van der Waals surface area contributed by atoms with Crippen LogP contribution in [0.1, 0.15) is 12.0 Å². The van der Waals surface area contributed by atoms with Crippen molar-refractivity contribution in [2.75, 3.05) is 6.61 Å². The Labute approximate surface area is 150 Å². The Morgan fingerprint density at radius 1 is 1.28 bits per heavy atom. The number of benzene rings is 2. The van der Waals surface area contributed by atoms with E-state index in [9.17, 15) is 4.79 Å². The zero-order chi connectivity index (χ0) is 17.6. The van der Waals surface area contributed by atoms with Gasteiger partial charge >= 0.3 is 0 Å². The SMILES string of the molecule is C#CCn1c(=NC(=O)CCOc2ccccc2)sc2cc(C)ccc21. The van der Waals surface area contributed by atoms with Gasteiger partial charge in [-0.15, -0.1) is 6.42 Å². The molecule has 1 aromatic heterocycles. The lowest BCUT2D eigenvalue weighted by Crippen LogP contribution is -2.17. The normalized spacial score (nSPS) is 11.4. The second-order valence-corrected chi connectivity index (χ2v) is 6.57. The molecule has 0 radical (unpaired) electrons. The van der Waals surface area contributed by atoms with Gasteiger partial charge in [0, 0.05) is 0 Å². The van der Waals surface area contributed by atoms with Crippen molar-refractivity contribution in [2.24, 2.45) is 4.99 Å². The van der Waals surface area contributed by atoms with Crippen LogP contribution in [0.5, 0.6) is 5.75 Å². The monoisotopic (exact) mass is 350 g/mol. The fourth-order valence-corrected chi connectivity index (χ4v) is 3.59. The van der Waals surface area contributed by atoms with Crippen LogP contribution in [0.4, 0.5) is 0 Å². The Balaban J connectivity index is 1.78. The summed E-state index contributed by atoms with van der Waals surface area (Å²) >= 11 is 1.48. The first-order valence-electron chi connectivity index (χ1n) is 7.96. The molecule has 3 aromatic rings. The second-order valence-electron chi connectivity index (χ2n) is 5.56. The molecule has 1 amide bonds. The maximum Gasteiger partial charge on any atom is 0.251 e. The Morgan fingerprint density at radius 2 is 2.08 bits per heavy atom. The van der Waals surface area contributed by atoms with E-state index in [2.05, 4.69) is 17.0 Å². The lowest BCUT2D eigenvalue weighted by molar-refractivity contribution is -0.118. The third-order valence-corrected chi connectivity index (χ3v) is 4.68. The van der Waals surface area contributed by atoms with Gasteiger partial charge in [-0.1, -0.05) is 41.5 Å². The van der Waals surface area contributed by atoms with Crippen molar-refractivity contribution >= 4 is 27.5 Å². The number of aromatic nitrogens is 1. The lowest BCUT2D eigenvalue weighted by atomic mass is 10.2. The Bertz CT molecular complexity index is 994. The predicted molar refractivity (Wildman–Crippen MR) is 101 cm³/mol. The molecule has 0 saturated carbocycles. The molecule has 0 aliphatic rings. The molecule has 126 valence electrons. The van der Waals surface area contributed by atoms with E-state index in [0.717, 1.165) is 21.5 Å². The number of carbonyl (C=O) groups is 1. The van der Waals surface area contributed by atoms with E-state index < -0.39 is 0 Å². The summed E-state index contributed by atoms with van der Waals surface area (Å²) in [7, 11) is 0. The Kier molecular flexibility index (Phi) is 5.32. The largest absolute Gasteiger partial charge is 0.493 e. The topological polar surface area (TPSA) is 43.6 Å². The summed E-state index contributed by atoms with van der Waals surface area (Å²) in [5.41, 5.74) is 2.16. The number of thiazole rings is 1. The maximum atomic E-state index is 12.2. The minimum absolute atomic E-state index is 0.218. The minimum Gasteiger partial charge on any atom is -0.493 e. The van der Waals surface area contributed by atoms with Crippen LogP contribution >= 0.6 is 11.3 Å². The average Bonchev–Trinajstić information content (AvgIpc) is 2.92. The first-order chi connectivity index (χ1) is 12.2. The van der Waals surface area contributed by atoms with Crippen molar-refractivity contribution in [3.63, 3.8) is 0 Å². The minimum atomic E-state index is -0.218. The highest BCUT2D eigenvalue weighted by molar-refractivity contribution is 7.16. The highest BCUT2D eigenvalue weighted by Gasteiger charge is 2.08. The lowest BCUT2D eigenvalue weighted by Gasteiger charge is -2.03. The number of amides is 1. The summed E-state index contributed by atoms with van der Waals surface area (Å²) in [6.07, 6.45) is 5.69. The van der Waals surface area contributed by atoms with E-state index in [4.69, 9.17) is 11.2 Å². The van der Waals surface area contributed by atoms with E-state index in [1.54, 1.807) is 0 Å². The number of terminal acetylenes is 1. The molecule has 0 aliphatic heterocycles. The van der Waals surface area contributed by atoms with Crippen molar-refractivity contribution in [1.29, 1.82) is 0 Å². The third-order valence-electron chi connectivity index (χ3n) is 3.64. The summed E-state index contributed by atoms with van der Waals surface area (Å²) in [5, 5.41) is 0. The molecular weight excluding hydrogens is 332 g/mol.